The molecular formula is C15H11BrClNO4. The highest BCUT2D eigenvalue weighted by Gasteiger charge is 2.21. The summed E-state index contributed by atoms with van der Waals surface area (Å²) in [6, 6.07) is 6.25. The summed E-state index contributed by atoms with van der Waals surface area (Å²) in [4.78, 5) is 27.9. The molecule has 0 bridgehead atoms. The fourth-order valence-electron chi connectivity index (χ4n) is 1.76. The van der Waals surface area contributed by atoms with E-state index >= 15 is 0 Å². The molecule has 0 radical (unpaired) electrons. The van der Waals surface area contributed by atoms with E-state index in [0.29, 0.717) is 4.47 Å². The summed E-state index contributed by atoms with van der Waals surface area (Å²) in [5.74, 6) is -0.773. The Morgan fingerprint density at radius 1 is 1.32 bits per heavy atom. The van der Waals surface area contributed by atoms with Crippen LogP contribution in [0.5, 0.6) is 11.5 Å². The number of aromatic nitrogens is 1. The van der Waals surface area contributed by atoms with E-state index in [1.54, 1.807) is 12.1 Å². The van der Waals surface area contributed by atoms with Crippen LogP contribution >= 0.6 is 27.5 Å². The average molecular weight is 385 g/mol. The number of nitrogens with zero attached hydrogens (tertiary/aromatic N) is 1. The molecule has 0 spiro atoms. The number of Topliss-reactive ketones (excluding diaryl/α,β-unsaturated/α-hetero) is 1. The maximum absolute atomic E-state index is 12.3. The Kier molecular flexibility index (Phi) is 5.15. The van der Waals surface area contributed by atoms with Crippen molar-refractivity contribution in [2.24, 2.45) is 0 Å². The molecule has 0 amide bonds. The van der Waals surface area contributed by atoms with E-state index in [1.165, 1.54) is 32.4 Å². The van der Waals surface area contributed by atoms with Crippen LogP contribution in [0.4, 0.5) is 0 Å². The Morgan fingerprint density at radius 3 is 2.68 bits per heavy atom. The fourth-order valence-corrected chi connectivity index (χ4v) is 2.28. The number of pyridine rings is 1. The van der Waals surface area contributed by atoms with Crippen molar-refractivity contribution in [3.63, 3.8) is 0 Å². The van der Waals surface area contributed by atoms with Crippen LogP contribution in [0.15, 0.2) is 34.9 Å². The molecule has 0 aliphatic rings. The number of hydrogen-bond donors (Lipinski definition) is 0. The van der Waals surface area contributed by atoms with E-state index < -0.39 is 5.97 Å². The van der Waals surface area contributed by atoms with Crippen LogP contribution < -0.4 is 9.47 Å². The lowest BCUT2D eigenvalue weighted by molar-refractivity contribution is 0.0723. The van der Waals surface area contributed by atoms with Crippen molar-refractivity contribution in [1.29, 1.82) is 0 Å². The quantitative estimate of drug-likeness (QED) is 0.454. The number of halogens is 2. The molecule has 0 N–H and O–H groups in total. The Bertz CT molecular complexity index is 748. The van der Waals surface area contributed by atoms with Crippen molar-refractivity contribution >= 4 is 39.3 Å². The van der Waals surface area contributed by atoms with Crippen LogP contribution in [0.1, 0.15) is 27.8 Å². The Labute approximate surface area is 140 Å². The van der Waals surface area contributed by atoms with Gasteiger partial charge < -0.3 is 9.47 Å². The molecular weight excluding hydrogens is 374 g/mol. The minimum absolute atomic E-state index is 0.00781. The molecule has 0 fully saturated rings. The standard InChI is InChI=1S/C15H11BrClNO4/c1-8(19)10-4-3-5-11(17)14(10)22-15(20)13-12(21-2)6-9(16)7-18-13/h3-7H,1-2H3. The Balaban J connectivity index is 2.40. The van der Waals surface area contributed by atoms with Gasteiger partial charge in [-0.05, 0) is 41.1 Å². The van der Waals surface area contributed by atoms with Crippen molar-refractivity contribution < 1.29 is 19.1 Å². The first-order chi connectivity index (χ1) is 10.4. The molecule has 0 aliphatic heterocycles. The topological polar surface area (TPSA) is 65.5 Å². The first-order valence-electron chi connectivity index (χ1n) is 6.15. The number of carbonyl (C=O) groups is 2. The lowest BCUT2D eigenvalue weighted by Crippen LogP contribution is -2.14. The highest BCUT2D eigenvalue weighted by atomic mass is 79.9. The van der Waals surface area contributed by atoms with Gasteiger partial charge in [-0.2, -0.15) is 0 Å². The van der Waals surface area contributed by atoms with E-state index in [9.17, 15) is 9.59 Å². The minimum Gasteiger partial charge on any atom is -0.494 e. The maximum atomic E-state index is 12.3. The number of methoxy groups -OCH3 is 1. The maximum Gasteiger partial charge on any atom is 0.366 e. The first kappa shape index (κ1) is 16.5. The van der Waals surface area contributed by atoms with E-state index in [-0.39, 0.29) is 33.6 Å². The number of rotatable bonds is 4. The van der Waals surface area contributed by atoms with E-state index in [1.807, 2.05) is 0 Å². The number of para-hydroxylation sites is 1. The molecule has 1 aromatic carbocycles. The normalized spacial score (nSPS) is 10.2. The molecule has 2 rings (SSSR count). The summed E-state index contributed by atoms with van der Waals surface area (Å²) in [6.45, 7) is 1.36. The van der Waals surface area contributed by atoms with E-state index in [4.69, 9.17) is 21.1 Å². The largest absolute Gasteiger partial charge is 0.494 e. The minimum atomic E-state index is -0.764. The number of esters is 1. The van der Waals surface area contributed by atoms with Crippen molar-refractivity contribution in [2.45, 2.75) is 6.92 Å². The monoisotopic (exact) mass is 383 g/mol. The van der Waals surface area contributed by atoms with Gasteiger partial charge in [-0.1, -0.05) is 17.7 Å². The highest BCUT2D eigenvalue weighted by Crippen LogP contribution is 2.31. The van der Waals surface area contributed by atoms with Crippen LogP contribution in [-0.4, -0.2) is 23.8 Å². The van der Waals surface area contributed by atoms with Gasteiger partial charge >= 0.3 is 5.97 Å². The van der Waals surface area contributed by atoms with Crippen LogP contribution in [0.2, 0.25) is 5.02 Å². The SMILES string of the molecule is COc1cc(Br)cnc1C(=O)Oc1c(Cl)cccc1C(C)=O. The zero-order chi connectivity index (χ0) is 16.3. The second kappa shape index (κ2) is 6.89. The van der Waals surface area contributed by atoms with Crippen LogP contribution in [-0.2, 0) is 0 Å². The molecule has 5 nitrogen and oxygen atoms in total. The molecule has 114 valence electrons. The van der Waals surface area contributed by atoms with Crippen LogP contribution in [0.25, 0.3) is 0 Å². The molecule has 0 saturated carbocycles. The molecule has 7 heteroatoms. The van der Waals surface area contributed by atoms with Gasteiger partial charge in [0.25, 0.3) is 0 Å². The van der Waals surface area contributed by atoms with Gasteiger partial charge in [-0.25, -0.2) is 9.78 Å². The van der Waals surface area contributed by atoms with Crippen LogP contribution in [0.3, 0.4) is 0 Å². The third kappa shape index (κ3) is 3.45. The van der Waals surface area contributed by atoms with E-state index in [2.05, 4.69) is 20.9 Å². The molecule has 0 aliphatic carbocycles. The van der Waals surface area contributed by atoms with Crippen molar-refractivity contribution in [3.8, 4) is 11.5 Å². The van der Waals surface area contributed by atoms with Crippen molar-refractivity contribution in [2.75, 3.05) is 7.11 Å². The summed E-state index contributed by atoms with van der Waals surface area (Å²) in [5.41, 5.74) is 0.206. The fraction of sp³-hybridized carbons (Fsp3) is 0.133. The molecule has 22 heavy (non-hydrogen) atoms. The smallest absolute Gasteiger partial charge is 0.366 e. The molecule has 1 aromatic heterocycles. The van der Waals surface area contributed by atoms with E-state index in [0.717, 1.165) is 0 Å². The van der Waals surface area contributed by atoms with Crippen LogP contribution in [0, 0.1) is 0 Å². The Hall–Kier alpha value is -1.92. The zero-order valence-corrected chi connectivity index (χ0v) is 14.1. The van der Waals surface area contributed by atoms with Gasteiger partial charge in [-0.3, -0.25) is 4.79 Å². The molecule has 2 aromatic rings. The van der Waals surface area contributed by atoms with Gasteiger partial charge in [0.2, 0.25) is 0 Å². The predicted octanol–water partition coefficient (Wildman–Crippen LogP) is 3.93. The number of carbonyl (C=O) groups excluding carboxylic acids is 2. The van der Waals surface area contributed by atoms with Gasteiger partial charge in [0.05, 0.1) is 17.7 Å². The summed E-state index contributed by atoms with van der Waals surface area (Å²) in [6.07, 6.45) is 1.44. The molecule has 0 unspecified atom stereocenters. The average Bonchev–Trinajstić information content (AvgIpc) is 2.48. The summed E-state index contributed by atoms with van der Waals surface area (Å²) < 4.78 is 11.0. The third-order valence-corrected chi connectivity index (χ3v) is 3.50. The van der Waals surface area contributed by atoms with Gasteiger partial charge in [0.1, 0.15) is 0 Å². The second-order valence-corrected chi connectivity index (χ2v) is 5.59. The summed E-state index contributed by atoms with van der Waals surface area (Å²) in [7, 11) is 1.41. The first-order valence-corrected chi connectivity index (χ1v) is 7.32. The molecule has 0 saturated heterocycles. The third-order valence-electron chi connectivity index (χ3n) is 2.77. The number of ketones is 1. The van der Waals surface area contributed by atoms with Gasteiger partial charge in [-0.15, -0.1) is 0 Å². The van der Waals surface area contributed by atoms with Crippen molar-refractivity contribution in [1.82, 2.24) is 4.98 Å². The van der Waals surface area contributed by atoms with Gasteiger partial charge in [0, 0.05) is 10.7 Å². The summed E-state index contributed by atoms with van der Waals surface area (Å²) in [5, 5.41) is 0.164. The lowest BCUT2D eigenvalue weighted by Gasteiger charge is -2.11. The zero-order valence-electron chi connectivity index (χ0n) is 11.7. The number of hydrogen-bond acceptors (Lipinski definition) is 5. The number of benzene rings is 1. The molecule has 0 atom stereocenters. The predicted molar refractivity (Wildman–Crippen MR) is 84.9 cm³/mol. The Morgan fingerprint density at radius 2 is 2.05 bits per heavy atom. The van der Waals surface area contributed by atoms with Crippen molar-refractivity contribution in [3.05, 3.63) is 51.2 Å². The highest BCUT2D eigenvalue weighted by molar-refractivity contribution is 9.10. The second-order valence-electron chi connectivity index (χ2n) is 4.27. The number of ether oxygens (including phenoxy) is 2. The van der Waals surface area contributed by atoms with Gasteiger partial charge in [0.15, 0.2) is 23.0 Å². The summed E-state index contributed by atoms with van der Waals surface area (Å²) >= 11 is 9.25. The molecule has 1 heterocycles. The lowest BCUT2D eigenvalue weighted by atomic mass is 10.1.